The Morgan fingerprint density at radius 1 is 0.227 bits per heavy atom. The molecule has 0 atom stereocenters. The molecule has 0 N–H and O–H groups in total. The topological polar surface area (TPSA) is 0 Å². The SMILES string of the molecule is c1ccc(-c2c3ccccc3c(-c3cc4c(-c5ccc6ccccc6c5)cccc4c4ccccc34)c3ccccc23)cc1. The number of rotatable bonds is 3. The van der Waals surface area contributed by atoms with E-state index >= 15 is 0 Å². The fourth-order valence-corrected chi connectivity index (χ4v) is 7.28. The summed E-state index contributed by atoms with van der Waals surface area (Å²) in [4.78, 5) is 0. The molecule has 0 nitrogen and oxygen atoms in total. The summed E-state index contributed by atoms with van der Waals surface area (Å²) in [5, 5.41) is 12.7. The van der Waals surface area contributed by atoms with Crippen LogP contribution in [0, 0.1) is 0 Å². The van der Waals surface area contributed by atoms with Gasteiger partial charge in [-0.1, -0.05) is 158 Å². The maximum Gasteiger partial charge on any atom is -0.00199 e. The van der Waals surface area contributed by atoms with Gasteiger partial charge in [0.05, 0.1) is 0 Å². The van der Waals surface area contributed by atoms with Crippen LogP contribution in [-0.4, -0.2) is 0 Å². The molecule has 0 heterocycles. The molecule has 0 saturated carbocycles. The third kappa shape index (κ3) is 3.78. The average Bonchev–Trinajstić information content (AvgIpc) is 3.10. The van der Waals surface area contributed by atoms with E-state index in [1.54, 1.807) is 0 Å². The summed E-state index contributed by atoms with van der Waals surface area (Å²) < 4.78 is 0. The molecule has 0 aliphatic carbocycles. The summed E-state index contributed by atoms with van der Waals surface area (Å²) in [5.41, 5.74) is 7.60. The second-order valence-corrected chi connectivity index (χ2v) is 11.6. The van der Waals surface area contributed by atoms with Gasteiger partial charge in [-0.15, -0.1) is 0 Å². The first kappa shape index (κ1) is 24.8. The van der Waals surface area contributed by atoms with Crippen molar-refractivity contribution in [3.63, 3.8) is 0 Å². The number of benzene rings is 9. The van der Waals surface area contributed by atoms with E-state index in [1.165, 1.54) is 87.2 Å². The van der Waals surface area contributed by atoms with Crippen LogP contribution in [0.5, 0.6) is 0 Å². The van der Waals surface area contributed by atoms with Crippen molar-refractivity contribution >= 4 is 53.9 Å². The van der Waals surface area contributed by atoms with Gasteiger partial charge >= 0.3 is 0 Å². The Morgan fingerprint density at radius 3 is 1.45 bits per heavy atom. The predicted octanol–water partition coefficient (Wildman–Crippen LogP) is 12.5. The van der Waals surface area contributed by atoms with Crippen molar-refractivity contribution in [2.75, 3.05) is 0 Å². The highest BCUT2D eigenvalue weighted by Crippen LogP contribution is 2.47. The highest BCUT2D eigenvalue weighted by atomic mass is 14.2. The standard InChI is InChI=1S/C44H28/c1-2-14-30(15-3-1)43-37-19-8-10-21-39(37)44(40-22-11-9-20-38(40)43)42-28-41-33(32-26-25-29-13-4-5-16-31(29)27-32)23-12-24-35(41)34-17-6-7-18-36(34)42/h1-28H. The van der Waals surface area contributed by atoms with Crippen molar-refractivity contribution in [3.05, 3.63) is 170 Å². The molecule has 0 aliphatic rings. The van der Waals surface area contributed by atoms with Gasteiger partial charge in [0.25, 0.3) is 0 Å². The summed E-state index contributed by atoms with van der Waals surface area (Å²) in [6.45, 7) is 0. The Morgan fingerprint density at radius 2 is 0.750 bits per heavy atom. The van der Waals surface area contributed by atoms with Crippen molar-refractivity contribution < 1.29 is 0 Å². The minimum absolute atomic E-state index is 1.24. The van der Waals surface area contributed by atoms with Gasteiger partial charge in [0.1, 0.15) is 0 Å². The van der Waals surface area contributed by atoms with Crippen LogP contribution >= 0.6 is 0 Å². The number of hydrogen-bond acceptors (Lipinski definition) is 0. The van der Waals surface area contributed by atoms with Crippen molar-refractivity contribution in [2.45, 2.75) is 0 Å². The molecule has 0 radical (unpaired) electrons. The van der Waals surface area contributed by atoms with Crippen LogP contribution in [0.4, 0.5) is 0 Å². The van der Waals surface area contributed by atoms with Gasteiger partial charge < -0.3 is 0 Å². The molecule has 9 aromatic carbocycles. The third-order valence-electron chi connectivity index (χ3n) is 9.23. The van der Waals surface area contributed by atoms with E-state index in [-0.39, 0.29) is 0 Å². The van der Waals surface area contributed by atoms with Crippen LogP contribution < -0.4 is 0 Å². The van der Waals surface area contributed by atoms with E-state index in [4.69, 9.17) is 0 Å². The summed E-state index contributed by atoms with van der Waals surface area (Å²) in [5.74, 6) is 0. The van der Waals surface area contributed by atoms with Crippen LogP contribution in [0.2, 0.25) is 0 Å². The van der Waals surface area contributed by atoms with E-state index in [2.05, 4.69) is 170 Å². The Kier molecular flexibility index (Phi) is 5.61. The molecular formula is C44H28. The van der Waals surface area contributed by atoms with Gasteiger partial charge in [0.15, 0.2) is 0 Å². The van der Waals surface area contributed by atoms with E-state index in [0.717, 1.165) is 0 Å². The van der Waals surface area contributed by atoms with Crippen molar-refractivity contribution in [2.24, 2.45) is 0 Å². The van der Waals surface area contributed by atoms with Crippen LogP contribution in [0.15, 0.2) is 170 Å². The largest absolute Gasteiger partial charge is 0.0622 e. The highest BCUT2D eigenvalue weighted by Gasteiger charge is 2.19. The summed E-state index contributed by atoms with van der Waals surface area (Å²) in [6, 6.07) is 62.3. The first-order valence-corrected chi connectivity index (χ1v) is 15.3. The molecule has 0 heteroatoms. The maximum absolute atomic E-state index is 2.46. The normalized spacial score (nSPS) is 11.6. The van der Waals surface area contributed by atoms with Crippen LogP contribution in [-0.2, 0) is 0 Å². The van der Waals surface area contributed by atoms with Crippen LogP contribution in [0.1, 0.15) is 0 Å². The summed E-state index contributed by atoms with van der Waals surface area (Å²) in [7, 11) is 0. The lowest BCUT2D eigenvalue weighted by Gasteiger charge is -2.20. The van der Waals surface area contributed by atoms with E-state index < -0.39 is 0 Å². The van der Waals surface area contributed by atoms with Crippen molar-refractivity contribution in [1.29, 1.82) is 0 Å². The van der Waals surface area contributed by atoms with Gasteiger partial charge in [-0.05, 0) is 99.4 Å². The lowest BCUT2D eigenvalue weighted by molar-refractivity contribution is 1.66. The van der Waals surface area contributed by atoms with Gasteiger partial charge in [-0.3, -0.25) is 0 Å². The summed E-state index contributed by atoms with van der Waals surface area (Å²) >= 11 is 0. The molecule has 0 aliphatic heterocycles. The molecule has 44 heavy (non-hydrogen) atoms. The zero-order valence-corrected chi connectivity index (χ0v) is 24.2. The summed E-state index contributed by atoms with van der Waals surface area (Å²) in [6.07, 6.45) is 0. The molecule has 9 aromatic rings. The predicted molar refractivity (Wildman–Crippen MR) is 190 cm³/mol. The van der Waals surface area contributed by atoms with Crippen molar-refractivity contribution in [3.8, 4) is 33.4 Å². The molecule has 0 amide bonds. The first-order chi connectivity index (χ1) is 21.8. The first-order valence-electron chi connectivity index (χ1n) is 15.3. The fourth-order valence-electron chi connectivity index (χ4n) is 7.28. The van der Waals surface area contributed by atoms with Crippen LogP contribution in [0.3, 0.4) is 0 Å². The Balaban J connectivity index is 1.43. The van der Waals surface area contributed by atoms with Gasteiger partial charge in [-0.2, -0.15) is 0 Å². The zero-order chi connectivity index (χ0) is 29.0. The van der Waals surface area contributed by atoms with Gasteiger partial charge in [0.2, 0.25) is 0 Å². The second-order valence-electron chi connectivity index (χ2n) is 11.6. The smallest absolute Gasteiger partial charge is 0.00199 e. The third-order valence-corrected chi connectivity index (χ3v) is 9.23. The molecular weight excluding hydrogens is 528 g/mol. The quantitative estimate of drug-likeness (QED) is 0.150. The average molecular weight is 557 g/mol. The minimum Gasteiger partial charge on any atom is -0.0622 e. The Labute approximate surface area is 256 Å². The molecule has 0 spiro atoms. The second kappa shape index (κ2) is 9.93. The molecule has 9 rings (SSSR count). The monoisotopic (exact) mass is 556 g/mol. The highest BCUT2D eigenvalue weighted by molar-refractivity contribution is 6.26. The van der Waals surface area contributed by atoms with Crippen molar-refractivity contribution in [1.82, 2.24) is 0 Å². The lowest BCUT2D eigenvalue weighted by Crippen LogP contribution is -1.93. The molecule has 0 aromatic heterocycles. The van der Waals surface area contributed by atoms with Gasteiger partial charge in [0, 0.05) is 0 Å². The van der Waals surface area contributed by atoms with E-state index in [0.29, 0.717) is 0 Å². The fraction of sp³-hybridized carbons (Fsp3) is 0. The Bertz CT molecular complexity index is 2480. The molecule has 0 bridgehead atoms. The molecule has 0 saturated heterocycles. The number of hydrogen-bond donors (Lipinski definition) is 0. The zero-order valence-electron chi connectivity index (χ0n) is 24.2. The minimum atomic E-state index is 1.24. The van der Waals surface area contributed by atoms with Crippen LogP contribution in [0.25, 0.3) is 87.2 Å². The van der Waals surface area contributed by atoms with Gasteiger partial charge in [-0.25, -0.2) is 0 Å². The molecule has 0 fully saturated rings. The Hall–Kier alpha value is -5.72. The lowest BCUT2D eigenvalue weighted by atomic mass is 9.83. The van der Waals surface area contributed by atoms with E-state index in [1.807, 2.05) is 0 Å². The maximum atomic E-state index is 2.46. The molecule has 0 unspecified atom stereocenters. The van der Waals surface area contributed by atoms with E-state index in [9.17, 15) is 0 Å². The number of fused-ring (bicyclic) bond motifs is 6. The molecule has 204 valence electrons.